The Kier molecular flexibility index (Phi) is 10.6. The van der Waals surface area contributed by atoms with Gasteiger partial charge in [-0.05, 0) is 51.5 Å². The molecule has 2 unspecified atom stereocenters. The highest BCUT2D eigenvalue weighted by Gasteiger charge is 2.32. The first-order valence-corrected chi connectivity index (χ1v) is 16.3. The number of ether oxygens (including phenoxy) is 1. The first-order chi connectivity index (χ1) is 21.1. The number of benzene rings is 5. The number of hydrogen-bond acceptors (Lipinski definition) is 2. The average molecular weight is 584 g/mol. The van der Waals surface area contributed by atoms with Gasteiger partial charge in [-0.25, -0.2) is 0 Å². The molecular weight excluding hydrogens is 541 g/mol. The third-order valence-electron chi connectivity index (χ3n) is 7.92. The van der Waals surface area contributed by atoms with E-state index in [4.69, 9.17) is 4.74 Å². The highest BCUT2D eigenvalue weighted by atomic mass is 31.1. The van der Waals surface area contributed by atoms with Crippen LogP contribution in [0.3, 0.4) is 0 Å². The van der Waals surface area contributed by atoms with Gasteiger partial charge in [0.2, 0.25) is 0 Å². The third kappa shape index (κ3) is 8.09. The molecule has 0 bridgehead atoms. The molecule has 5 aromatic carbocycles. The number of hydrogen-bond donors (Lipinski definition) is 0. The van der Waals surface area contributed by atoms with Crippen LogP contribution in [0.4, 0.5) is 0 Å². The highest BCUT2D eigenvalue weighted by molar-refractivity contribution is 7.48. The predicted octanol–water partition coefficient (Wildman–Crippen LogP) is 9.52. The lowest BCUT2D eigenvalue weighted by atomic mass is 9.87. The van der Waals surface area contributed by atoms with Crippen LogP contribution < -0.4 is 10.0 Å². The lowest BCUT2D eigenvalue weighted by molar-refractivity contribution is 0.296. The van der Waals surface area contributed by atoms with Crippen LogP contribution in [-0.2, 0) is 24.6 Å². The molecule has 0 aliphatic carbocycles. The van der Waals surface area contributed by atoms with Crippen molar-refractivity contribution in [3.63, 3.8) is 0 Å². The monoisotopic (exact) mass is 583 g/mol. The molecule has 0 saturated heterocycles. The molecule has 0 aliphatic heterocycles. The highest BCUT2D eigenvalue weighted by Crippen LogP contribution is 2.50. The lowest BCUT2D eigenvalue weighted by Crippen LogP contribution is -2.23. The molecular formula is C40H42NOP. The second-order valence-corrected chi connectivity index (χ2v) is 13.3. The van der Waals surface area contributed by atoms with Crippen molar-refractivity contribution >= 4 is 20.1 Å². The second kappa shape index (κ2) is 14.9. The maximum Gasteiger partial charge on any atom is 0.127 e. The molecule has 0 aliphatic rings. The molecule has 0 radical (unpaired) electrons. The maximum absolute atomic E-state index is 6.92. The van der Waals surface area contributed by atoms with Gasteiger partial charge in [0, 0.05) is 30.4 Å². The number of rotatable bonds is 13. The summed E-state index contributed by atoms with van der Waals surface area (Å²) in [6.45, 7) is 5.28. The van der Waals surface area contributed by atoms with Crippen molar-refractivity contribution < 1.29 is 4.74 Å². The van der Waals surface area contributed by atoms with Gasteiger partial charge >= 0.3 is 0 Å². The summed E-state index contributed by atoms with van der Waals surface area (Å²) in [7, 11) is 2.42. The van der Waals surface area contributed by atoms with Gasteiger partial charge in [-0.1, -0.05) is 156 Å². The molecule has 0 aromatic heterocycles. The predicted molar refractivity (Wildman–Crippen MR) is 186 cm³/mol. The van der Waals surface area contributed by atoms with Gasteiger partial charge in [0.25, 0.3) is 0 Å². The topological polar surface area (TPSA) is 21.6 Å². The maximum atomic E-state index is 6.92. The van der Waals surface area contributed by atoms with Gasteiger partial charge in [-0.3, -0.25) is 4.99 Å². The fraction of sp³-hybridized carbons (Fsp3) is 0.225. The number of aliphatic imine (C=N–C) groups is 1. The van der Waals surface area contributed by atoms with Crippen molar-refractivity contribution in [2.24, 2.45) is 4.99 Å². The van der Waals surface area contributed by atoms with E-state index in [1.165, 1.54) is 44.2 Å². The van der Waals surface area contributed by atoms with E-state index in [0.29, 0.717) is 15.2 Å². The molecule has 218 valence electrons. The minimum absolute atomic E-state index is 0.114. The zero-order valence-corrected chi connectivity index (χ0v) is 26.6. The molecule has 2 nitrogen and oxygen atoms in total. The van der Waals surface area contributed by atoms with Crippen LogP contribution >= 0.6 is 8.58 Å². The van der Waals surface area contributed by atoms with Gasteiger partial charge < -0.3 is 4.74 Å². The van der Waals surface area contributed by atoms with Crippen LogP contribution in [0, 0.1) is 0 Å². The molecule has 0 saturated carbocycles. The number of nitrogens with zero attached hydrogens (tertiary/aromatic N) is 1. The summed E-state index contributed by atoms with van der Waals surface area (Å²) in [6.07, 6.45) is 5.85. The molecule has 0 N–H and O–H groups in total. The molecule has 0 heterocycles. The Morgan fingerprint density at radius 2 is 1.28 bits per heavy atom. The molecule has 43 heavy (non-hydrogen) atoms. The third-order valence-corrected chi connectivity index (χ3v) is 9.72. The lowest BCUT2D eigenvalue weighted by Gasteiger charge is -2.34. The normalized spacial score (nSPS) is 13.0. The summed E-state index contributed by atoms with van der Waals surface area (Å²) in [5, 5.41) is 1.23. The molecule has 3 heteroatoms. The Balaban J connectivity index is 1.67. The summed E-state index contributed by atoms with van der Waals surface area (Å²) >= 11 is 0. The molecule has 2 atom stereocenters. The van der Waals surface area contributed by atoms with Crippen molar-refractivity contribution in [3.05, 3.63) is 166 Å². The van der Waals surface area contributed by atoms with E-state index in [2.05, 4.69) is 146 Å². The first-order valence-electron chi connectivity index (χ1n) is 15.3. The molecule has 5 aromatic rings. The fourth-order valence-electron chi connectivity index (χ4n) is 5.87. The minimum atomic E-state index is -0.114. The summed E-state index contributed by atoms with van der Waals surface area (Å²) in [6, 6.07) is 45.7. The van der Waals surface area contributed by atoms with E-state index in [-0.39, 0.29) is 5.16 Å². The zero-order chi connectivity index (χ0) is 29.9. The standard InChI is InChI=1S/C40H42NOP/c1-4-24-40(2,43-38-23-15-14-22-35(38)29-41-3)37-28-34(25-31-16-8-5-9-17-31)27-36(26-32-18-10-6-11-19-32)39(37)42-30-33-20-12-7-13-21-33/h5-23,27-29,43H,4,24-26,30H2,1-3H3. The molecule has 5 rings (SSSR count). The Bertz CT molecular complexity index is 1620. The van der Waals surface area contributed by atoms with Gasteiger partial charge in [-0.15, -0.1) is 0 Å². The quantitative estimate of drug-likeness (QED) is 0.0999. The van der Waals surface area contributed by atoms with Crippen LogP contribution in [0.2, 0.25) is 0 Å². The smallest absolute Gasteiger partial charge is 0.127 e. The Labute approximate surface area is 259 Å². The summed E-state index contributed by atoms with van der Waals surface area (Å²) < 4.78 is 6.92. The van der Waals surface area contributed by atoms with Crippen molar-refractivity contribution in [2.75, 3.05) is 7.05 Å². The van der Waals surface area contributed by atoms with Crippen LogP contribution in [-0.4, -0.2) is 13.3 Å². The van der Waals surface area contributed by atoms with Crippen molar-refractivity contribution in [2.45, 2.75) is 51.3 Å². The van der Waals surface area contributed by atoms with Gasteiger partial charge in [-0.2, -0.15) is 0 Å². The van der Waals surface area contributed by atoms with Crippen LogP contribution in [0.1, 0.15) is 65.6 Å². The first kappa shape index (κ1) is 30.5. The Hall–Kier alpha value is -4.00. The summed E-state index contributed by atoms with van der Waals surface area (Å²) in [5.41, 5.74) is 8.88. The summed E-state index contributed by atoms with van der Waals surface area (Å²) in [4.78, 5) is 4.37. The largest absolute Gasteiger partial charge is 0.488 e. The van der Waals surface area contributed by atoms with E-state index < -0.39 is 0 Å². The Morgan fingerprint density at radius 1 is 0.698 bits per heavy atom. The molecule has 0 amide bonds. The van der Waals surface area contributed by atoms with E-state index >= 15 is 0 Å². The molecule has 0 fully saturated rings. The van der Waals surface area contributed by atoms with Gasteiger partial charge in [0.1, 0.15) is 12.4 Å². The van der Waals surface area contributed by atoms with Crippen LogP contribution in [0.5, 0.6) is 5.75 Å². The van der Waals surface area contributed by atoms with E-state index in [1.54, 1.807) is 0 Å². The minimum Gasteiger partial charge on any atom is -0.488 e. The Morgan fingerprint density at radius 3 is 1.91 bits per heavy atom. The SMILES string of the molecule is CCCC(C)(Pc1ccccc1C=NC)c1cc(Cc2ccccc2)cc(Cc2ccccc2)c1OCc1ccccc1. The van der Waals surface area contributed by atoms with E-state index in [0.717, 1.165) is 31.4 Å². The van der Waals surface area contributed by atoms with Crippen molar-refractivity contribution in [1.82, 2.24) is 0 Å². The van der Waals surface area contributed by atoms with Crippen LogP contribution in [0.15, 0.2) is 132 Å². The van der Waals surface area contributed by atoms with Gasteiger partial charge in [0.15, 0.2) is 0 Å². The average Bonchev–Trinajstić information content (AvgIpc) is 3.03. The summed E-state index contributed by atoms with van der Waals surface area (Å²) in [5.74, 6) is 1.04. The van der Waals surface area contributed by atoms with Gasteiger partial charge in [0.05, 0.1) is 0 Å². The zero-order valence-electron chi connectivity index (χ0n) is 25.6. The molecule has 0 spiro atoms. The second-order valence-electron chi connectivity index (χ2n) is 11.4. The fourth-order valence-corrected chi connectivity index (χ4v) is 7.63. The van der Waals surface area contributed by atoms with E-state index in [9.17, 15) is 0 Å². The van der Waals surface area contributed by atoms with Crippen LogP contribution in [0.25, 0.3) is 0 Å². The van der Waals surface area contributed by atoms with E-state index in [1.807, 2.05) is 13.3 Å². The van der Waals surface area contributed by atoms with Crippen molar-refractivity contribution in [3.8, 4) is 5.75 Å². The van der Waals surface area contributed by atoms with Crippen molar-refractivity contribution in [1.29, 1.82) is 0 Å².